The summed E-state index contributed by atoms with van der Waals surface area (Å²) in [7, 11) is 1.30. The second-order valence-electron chi connectivity index (χ2n) is 7.21. The summed E-state index contributed by atoms with van der Waals surface area (Å²) in [5, 5.41) is 2.77. The average Bonchev–Trinajstić information content (AvgIpc) is 3.21. The van der Waals surface area contributed by atoms with Crippen molar-refractivity contribution in [3.63, 3.8) is 0 Å². The van der Waals surface area contributed by atoms with Gasteiger partial charge >= 0.3 is 5.97 Å². The van der Waals surface area contributed by atoms with Gasteiger partial charge in [-0.05, 0) is 36.5 Å². The molecule has 2 atom stereocenters. The highest BCUT2D eigenvalue weighted by molar-refractivity contribution is 5.97. The highest BCUT2D eigenvalue weighted by atomic mass is 16.5. The molecule has 0 aliphatic rings. The maximum absolute atomic E-state index is 13.0. The predicted molar refractivity (Wildman–Crippen MR) is 105 cm³/mol. The van der Waals surface area contributed by atoms with Gasteiger partial charge < -0.3 is 14.5 Å². The van der Waals surface area contributed by atoms with E-state index in [0.717, 1.165) is 5.56 Å². The van der Waals surface area contributed by atoms with Crippen molar-refractivity contribution in [2.45, 2.75) is 39.2 Å². The van der Waals surface area contributed by atoms with Crippen LogP contribution in [0.4, 0.5) is 0 Å². The minimum Gasteiger partial charge on any atom is -0.467 e. The number of hydrogen-bond acceptors (Lipinski definition) is 5. The molecule has 0 radical (unpaired) electrons. The molecule has 1 amide bonds. The maximum Gasteiger partial charge on any atom is 0.328 e. The van der Waals surface area contributed by atoms with Crippen molar-refractivity contribution in [3.05, 3.63) is 60.1 Å². The molecule has 0 saturated carbocycles. The number of nitrogens with one attached hydrogen (secondary N) is 1. The van der Waals surface area contributed by atoms with E-state index in [1.54, 1.807) is 12.1 Å². The van der Waals surface area contributed by atoms with Crippen LogP contribution in [-0.2, 0) is 20.7 Å². The first-order valence-corrected chi connectivity index (χ1v) is 9.39. The molecule has 0 saturated heterocycles. The lowest BCUT2D eigenvalue weighted by Crippen LogP contribution is -2.45. The first kappa shape index (κ1) is 21.4. The molecule has 0 aliphatic heterocycles. The van der Waals surface area contributed by atoms with Crippen molar-refractivity contribution in [1.82, 2.24) is 5.32 Å². The standard InChI is InChI=1S/C22H27NO5/c1-15(2)12-18(22(26)27-3)23-21(25)17(13-16-8-5-4-6-9-16)14-19(24)20-10-7-11-28-20/h4-11,15,17-18H,12-14H2,1-3H3,(H,23,25)/t17-,18-/m0/s1. The third kappa shape index (κ3) is 6.37. The van der Waals surface area contributed by atoms with Crippen molar-refractivity contribution in [1.29, 1.82) is 0 Å². The summed E-state index contributed by atoms with van der Waals surface area (Å²) in [6.45, 7) is 3.92. The van der Waals surface area contributed by atoms with Crippen LogP contribution >= 0.6 is 0 Å². The Balaban J connectivity index is 2.17. The number of amides is 1. The van der Waals surface area contributed by atoms with Crippen LogP contribution in [0.3, 0.4) is 0 Å². The minimum absolute atomic E-state index is 0.0101. The fourth-order valence-corrected chi connectivity index (χ4v) is 3.04. The first-order chi connectivity index (χ1) is 13.4. The van der Waals surface area contributed by atoms with Gasteiger partial charge in [-0.15, -0.1) is 0 Å². The van der Waals surface area contributed by atoms with Gasteiger partial charge in [0.15, 0.2) is 11.5 Å². The van der Waals surface area contributed by atoms with Crippen molar-refractivity contribution >= 4 is 17.7 Å². The molecule has 28 heavy (non-hydrogen) atoms. The lowest BCUT2D eigenvalue weighted by atomic mass is 9.92. The van der Waals surface area contributed by atoms with Gasteiger partial charge in [0.2, 0.25) is 5.91 Å². The van der Waals surface area contributed by atoms with Gasteiger partial charge in [-0.25, -0.2) is 4.79 Å². The summed E-state index contributed by atoms with van der Waals surface area (Å²) < 4.78 is 9.98. The molecule has 1 N–H and O–H groups in total. The summed E-state index contributed by atoms with van der Waals surface area (Å²) in [6, 6.07) is 11.9. The number of hydrogen-bond donors (Lipinski definition) is 1. The quantitative estimate of drug-likeness (QED) is 0.500. The number of esters is 1. The third-order valence-corrected chi connectivity index (χ3v) is 4.43. The summed E-state index contributed by atoms with van der Waals surface area (Å²) in [5.74, 6) is -1.30. The molecular formula is C22H27NO5. The number of Topliss-reactive ketones (excluding diaryl/α,β-unsaturated/α-hetero) is 1. The van der Waals surface area contributed by atoms with Crippen LogP contribution in [0, 0.1) is 11.8 Å². The second-order valence-corrected chi connectivity index (χ2v) is 7.21. The Morgan fingerprint density at radius 2 is 1.79 bits per heavy atom. The zero-order valence-corrected chi connectivity index (χ0v) is 16.5. The molecule has 1 aromatic carbocycles. The molecule has 2 aromatic rings. The van der Waals surface area contributed by atoms with Crippen molar-refractivity contribution in [2.75, 3.05) is 7.11 Å². The minimum atomic E-state index is -0.741. The van der Waals surface area contributed by atoms with Crippen molar-refractivity contribution in [3.8, 4) is 0 Å². The van der Waals surface area contributed by atoms with Gasteiger partial charge in [-0.2, -0.15) is 0 Å². The van der Waals surface area contributed by atoms with Crippen LogP contribution in [0.15, 0.2) is 53.1 Å². The Hall–Kier alpha value is -2.89. The topological polar surface area (TPSA) is 85.6 Å². The van der Waals surface area contributed by atoms with Crippen LogP contribution in [0.2, 0.25) is 0 Å². The SMILES string of the molecule is COC(=O)[C@H](CC(C)C)NC(=O)[C@H](CC(=O)c1ccco1)Cc1ccccc1. The molecule has 1 aromatic heterocycles. The molecule has 1 heterocycles. The molecule has 150 valence electrons. The number of benzene rings is 1. The Bertz CT molecular complexity index is 767. The smallest absolute Gasteiger partial charge is 0.328 e. The summed E-state index contributed by atoms with van der Waals surface area (Å²) in [6.07, 6.45) is 2.26. The number of methoxy groups -OCH3 is 1. The van der Waals surface area contributed by atoms with Crippen molar-refractivity contribution < 1.29 is 23.5 Å². The molecule has 0 unspecified atom stereocenters. The molecule has 2 rings (SSSR count). The molecule has 0 spiro atoms. The van der Waals surface area contributed by atoms with E-state index in [4.69, 9.17) is 9.15 Å². The monoisotopic (exact) mass is 385 g/mol. The van der Waals surface area contributed by atoms with E-state index in [1.807, 2.05) is 44.2 Å². The largest absolute Gasteiger partial charge is 0.467 e. The average molecular weight is 385 g/mol. The Labute approximate surface area is 165 Å². The van der Waals surface area contributed by atoms with Gasteiger partial charge in [0.05, 0.1) is 13.4 Å². The van der Waals surface area contributed by atoms with E-state index in [9.17, 15) is 14.4 Å². The number of carbonyl (C=O) groups is 3. The zero-order chi connectivity index (χ0) is 20.5. The normalized spacial score (nSPS) is 13.0. The van der Waals surface area contributed by atoms with Gasteiger partial charge in [0.25, 0.3) is 0 Å². The Morgan fingerprint density at radius 3 is 2.36 bits per heavy atom. The third-order valence-electron chi connectivity index (χ3n) is 4.43. The highest BCUT2D eigenvalue weighted by Gasteiger charge is 2.29. The van der Waals surface area contributed by atoms with Crippen LogP contribution in [0.1, 0.15) is 42.8 Å². The fourth-order valence-electron chi connectivity index (χ4n) is 3.04. The Kier molecular flexibility index (Phi) is 7.99. The van der Waals surface area contributed by atoms with E-state index in [1.165, 1.54) is 13.4 Å². The lowest BCUT2D eigenvalue weighted by Gasteiger charge is -2.22. The highest BCUT2D eigenvalue weighted by Crippen LogP contribution is 2.18. The van der Waals surface area contributed by atoms with Crippen molar-refractivity contribution in [2.24, 2.45) is 11.8 Å². The maximum atomic E-state index is 13.0. The summed E-state index contributed by atoms with van der Waals surface area (Å²) >= 11 is 0. The van der Waals surface area contributed by atoms with Crippen LogP contribution in [-0.4, -0.2) is 30.8 Å². The Morgan fingerprint density at radius 1 is 1.07 bits per heavy atom. The van der Waals surface area contributed by atoms with E-state index >= 15 is 0 Å². The van der Waals surface area contributed by atoms with Crippen LogP contribution in [0.5, 0.6) is 0 Å². The zero-order valence-electron chi connectivity index (χ0n) is 16.5. The molecule has 6 nitrogen and oxygen atoms in total. The number of carbonyl (C=O) groups excluding carboxylic acids is 3. The van der Waals surface area contributed by atoms with Gasteiger partial charge in [0.1, 0.15) is 6.04 Å². The molecular weight excluding hydrogens is 358 g/mol. The molecule has 0 bridgehead atoms. The number of rotatable bonds is 10. The van der Waals surface area contributed by atoms with E-state index < -0.39 is 17.9 Å². The lowest BCUT2D eigenvalue weighted by molar-refractivity contribution is -0.146. The van der Waals surface area contributed by atoms with Gasteiger partial charge in [-0.3, -0.25) is 9.59 Å². The summed E-state index contributed by atoms with van der Waals surface area (Å²) in [5.41, 5.74) is 0.938. The van der Waals surface area contributed by atoms with E-state index in [0.29, 0.717) is 12.8 Å². The number of furan rings is 1. The second kappa shape index (κ2) is 10.4. The molecule has 0 fully saturated rings. The predicted octanol–water partition coefficient (Wildman–Crippen LogP) is 3.42. The van der Waals surface area contributed by atoms with E-state index in [-0.39, 0.29) is 29.8 Å². The molecule has 0 aliphatic carbocycles. The van der Waals surface area contributed by atoms with Gasteiger partial charge in [0, 0.05) is 12.3 Å². The van der Waals surface area contributed by atoms with Crippen LogP contribution < -0.4 is 5.32 Å². The number of ether oxygens (including phenoxy) is 1. The first-order valence-electron chi connectivity index (χ1n) is 9.39. The fraction of sp³-hybridized carbons (Fsp3) is 0.409. The number of ketones is 1. The van der Waals surface area contributed by atoms with E-state index in [2.05, 4.69) is 5.32 Å². The summed E-state index contributed by atoms with van der Waals surface area (Å²) in [4.78, 5) is 37.5. The molecule has 6 heteroatoms. The van der Waals surface area contributed by atoms with Crippen LogP contribution in [0.25, 0.3) is 0 Å². The van der Waals surface area contributed by atoms with Gasteiger partial charge in [-0.1, -0.05) is 44.2 Å².